The number of phenols is 1. The van der Waals surface area contributed by atoms with Crippen LogP contribution in [0.3, 0.4) is 0 Å². The first-order valence-electron chi connectivity index (χ1n) is 8.12. The molecule has 1 aliphatic heterocycles. The van der Waals surface area contributed by atoms with Crippen LogP contribution in [0, 0.1) is 0 Å². The smallest absolute Gasteiger partial charge is 0.339 e. The Balaban J connectivity index is 1.96. The van der Waals surface area contributed by atoms with Crippen molar-refractivity contribution in [2.45, 2.75) is 0 Å². The van der Waals surface area contributed by atoms with E-state index in [1.54, 1.807) is 30.4 Å². The standard InChI is InChI=1S/C20H15ClN2O4S/c1-2-8-23-18(25)17(10-12-4-3-5-13(21)9-12)28-20(23)22-14-6-7-15(19(26)27)16(24)11-14/h2-7,9-11,24H,1,8H2,(H,26,27)/b17-10-,22-20?. The Morgan fingerprint density at radius 2 is 2.07 bits per heavy atom. The van der Waals surface area contributed by atoms with Crippen LogP contribution in [0.4, 0.5) is 5.69 Å². The molecule has 2 aromatic carbocycles. The fourth-order valence-electron chi connectivity index (χ4n) is 2.51. The number of thioether (sulfide) groups is 1. The average Bonchev–Trinajstić information content (AvgIpc) is 2.91. The number of rotatable bonds is 5. The molecule has 2 N–H and O–H groups in total. The molecule has 0 unspecified atom stereocenters. The topological polar surface area (TPSA) is 90.2 Å². The summed E-state index contributed by atoms with van der Waals surface area (Å²) >= 11 is 7.17. The van der Waals surface area contributed by atoms with E-state index in [1.807, 2.05) is 6.07 Å². The third-order valence-electron chi connectivity index (χ3n) is 3.78. The molecule has 0 aliphatic carbocycles. The molecule has 1 aliphatic rings. The maximum absolute atomic E-state index is 12.7. The largest absolute Gasteiger partial charge is 0.507 e. The number of amidine groups is 1. The van der Waals surface area contributed by atoms with Crippen molar-refractivity contribution in [3.05, 3.63) is 76.2 Å². The molecule has 1 fully saturated rings. The molecule has 142 valence electrons. The van der Waals surface area contributed by atoms with Gasteiger partial charge in [-0.3, -0.25) is 9.69 Å². The SMILES string of the molecule is C=CCN1C(=O)/C(=C/c2cccc(Cl)c2)SC1=Nc1ccc(C(=O)O)c(O)c1. The summed E-state index contributed by atoms with van der Waals surface area (Å²) in [6, 6.07) is 11.1. The fraction of sp³-hybridized carbons (Fsp3) is 0.0500. The van der Waals surface area contributed by atoms with Gasteiger partial charge in [0.25, 0.3) is 5.91 Å². The van der Waals surface area contributed by atoms with Crippen molar-refractivity contribution in [1.29, 1.82) is 0 Å². The number of carbonyl (C=O) groups is 2. The van der Waals surface area contributed by atoms with Crippen LogP contribution in [0.5, 0.6) is 5.75 Å². The van der Waals surface area contributed by atoms with Crippen LogP contribution < -0.4 is 0 Å². The minimum atomic E-state index is -1.23. The van der Waals surface area contributed by atoms with E-state index in [0.717, 1.165) is 5.56 Å². The van der Waals surface area contributed by atoms with Crippen molar-refractivity contribution in [3.8, 4) is 5.75 Å². The minimum absolute atomic E-state index is 0.219. The van der Waals surface area contributed by atoms with Gasteiger partial charge in [0, 0.05) is 17.6 Å². The Morgan fingerprint density at radius 1 is 1.29 bits per heavy atom. The number of nitrogens with zero attached hydrogens (tertiary/aromatic N) is 2. The van der Waals surface area contributed by atoms with Gasteiger partial charge in [0.15, 0.2) is 5.17 Å². The lowest BCUT2D eigenvalue weighted by molar-refractivity contribution is -0.121. The number of carboxylic acid groups (broad SMARTS) is 1. The summed E-state index contributed by atoms with van der Waals surface area (Å²) in [7, 11) is 0. The molecule has 1 saturated heterocycles. The van der Waals surface area contributed by atoms with Gasteiger partial charge in [-0.15, -0.1) is 6.58 Å². The van der Waals surface area contributed by atoms with Crippen molar-refractivity contribution in [2.75, 3.05) is 6.54 Å². The second kappa shape index (κ2) is 8.33. The van der Waals surface area contributed by atoms with Crippen LogP contribution in [-0.4, -0.2) is 38.7 Å². The number of hydrogen-bond acceptors (Lipinski definition) is 5. The summed E-state index contributed by atoms with van der Waals surface area (Å²) in [4.78, 5) is 30.1. The molecule has 1 heterocycles. The zero-order valence-corrected chi connectivity index (χ0v) is 16.1. The second-order valence-electron chi connectivity index (χ2n) is 5.77. The maximum Gasteiger partial charge on any atom is 0.339 e. The quantitative estimate of drug-likeness (QED) is 0.554. The fourth-order valence-corrected chi connectivity index (χ4v) is 3.72. The zero-order chi connectivity index (χ0) is 20.3. The van der Waals surface area contributed by atoms with Gasteiger partial charge >= 0.3 is 5.97 Å². The lowest BCUT2D eigenvalue weighted by atomic mass is 10.2. The van der Waals surface area contributed by atoms with E-state index in [4.69, 9.17) is 16.7 Å². The minimum Gasteiger partial charge on any atom is -0.507 e. The third kappa shape index (κ3) is 4.27. The number of aromatic carboxylic acids is 1. The summed E-state index contributed by atoms with van der Waals surface area (Å²) < 4.78 is 0. The van der Waals surface area contributed by atoms with Crippen LogP contribution in [-0.2, 0) is 4.79 Å². The highest BCUT2D eigenvalue weighted by molar-refractivity contribution is 8.18. The number of amides is 1. The molecule has 6 nitrogen and oxygen atoms in total. The van der Waals surface area contributed by atoms with Crippen molar-refractivity contribution < 1.29 is 19.8 Å². The Labute approximate surface area is 170 Å². The van der Waals surface area contributed by atoms with Crippen molar-refractivity contribution in [3.63, 3.8) is 0 Å². The molecule has 0 radical (unpaired) electrons. The van der Waals surface area contributed by atoms with E-state index in [0.29, 0.717) is 20.8 Å². The predicted molar refractivity (Wildman–Crippen MR) is 111 cm³/mol. The van der Waals surface area contributed by atoms with Crippen LogP contribution in [0.15, 0.2) is 65.0 Å². The molecule has 3 rings (SSSR count). The van der Waals surface area contributed by atoms with E-state index in [2.05, 4.69) is 11.6 Å². The highest BCUT2D eigenvalue weighted by Crippen LogP contribution is 2.35. The molecule has 0 bridgehead atoms. The molecule has 0 saturated carbocycles. The van der Waals surface area contributed by atoms with E-state index in [1.165, 1.54) is 34.9 Å². The summed E-state index contributed by atoms with van der Waals surface area (Å²) in [5.74, 6) is -1.86. The highest BCUT2D eigenvalue weighted by Gasteiger charge is 2.32. The monoisotopic (exact) mass is 414 g/mol. The summed E-state index contributed by atoms with van der Waals surface area (Å²) in [5, 5.41) is 19.8. The van der Waals surface area contributed by atoms with Crippen LogP contribution in [0.2, 0.25) is 5.02 Å². The molecule has 0 spiro atoms. The van der Waals surface area contributed by atoms with Gasteiger partial charge in [-0.25, -0.2) is 9.79 Å². The van der Waals surface area contributed by atoms with Gasteiger partial charge < -0.3 is 10.2 Å². The lowest BCUT2D eigenvalue weighted by Gasteiger charge is -2.12. The number of aliphatic imine (C=N–C) groups is 1. The first-order chi connectivity index (χ1) is 13.4. The lowest BCUT2D eigenvalue weighted by Crippen LogP contribution is -2.29. The van der Waals surface area contributed by atoms with Gasteiger partial charge in [0.05, 0.1) is 10.6 Å². The highest BCUT2D eigenvalue weighted by atomic mass is 35.5. The Hall–Kier alpha value is -3.03. The summed E-state index contributed by atoms with van der Waals surface area (Å²) in [5.41, 5.74) is 0.895. The molecule has 2 aromatic rings. The second-order valence-corrected chi connectivity index (χ2v) is 7.22. The first-order valence-corrected chi connectivity index (χ1v) is 9.31. The summed E-state index contributed by atoms with van der Waals surface area (Å²) in [6.45, 7) is 3.93. The van der Waals surface area contributed by atoms with Crippen LogP contribution in [0.25, 0.3) is 6.08 Å². The summed E-state index contributed by atoms with van der Waals surface area (Å²) in [6.07, 6.45) is 3.31. The Morgan fingerprint density at radius 3 is 2.71 bits per heavy atom. The number of benzene rings is 2. The van der Waals surface area contributed by atoms with E-state index in [9.17, 15) is 14.7 Å². The number of aromatic hydroxyl groups is 1. The van der Waals surface area contributed by atoms with Crippen LogP contribution >= 0.6 is 23.4 Å². The van der Waals surface area contributed by atoms with Gasteiger partial charge in [-0.05, 0) is 47.7 Å². The number of hydrogen-bond donors (Lipinski definition) is 2. The van der Waals surface area contributed by atoms with Crippen molar-refractivity contribution in [1.82, 2.24) is 4.90 Å². The molecule has 1 amide bonds. The van der Waals surface area contributed by atoms with Crippen molar-refractivity contribution >= 4 is 52.2 Å². The van der Waals surface area contributed by atoms with Gasteiger partial charge in [-0.1, -0.05) is 29.8 Å². The molecular weight excluding hydrogens is 400 g/mol. The molecule has 0 atom stereocenters. The third-order valence-corrected chi connectivity index (χ3v) is 5.02. The van der Waals surface area contributed by atoms with Crippen LogP contribution in [0.1, 0.15) is 15.9 Å². The van der Waals surface area contributed by atoms with Gasteiger partial charge in [-0.2, -0.15) is 0 Å². The molecule has 8 heteroatoms. The molecule has 0 aromatic heterocycles. The Kier molecular flexibility index (Phi) is 5.87. The number of carboxylic acids is 1. The zero-order valence-electron chi connectivity index (χ0n) is 14.5. The number of halogens is 1. The van der Waals surface area contributed by atoms with Gasteiger partial charge in [0.1, 0.15) is 11.3 Å². The molecule has 28 heavy (non-hydrogen) atoms. The Bertz CT molecular complexity index is 1030. The normalized spacial score (nSPS) is 16.8. The van der Waals surface area contributed by atoms with E-state index < -0.39 is 11.7 Å². The van der Waals surface area contributed by atoms with E-state index >= 15 is 0 Å². The maximum atomic E-state index is 12.7. The first kappa shape index (κ1) is 19.7. The van der Waals surface area contributed by atoms with Crippen molar-refractivity contribution in [2.24, 2.45) is 4.99 Å². The number of carbonyl (C=O) groups excluding carboxylic acids is 1. The van der Waals surface area contributed by atoms with E-state index in [-0.39, 0.29) is 18.0 Å². The predicted octanol–water partition coefficient (Wildman–Crippen LogP) is 4.53. The molecular formula is C20H15ClN2O4S. The average molecular weight is 415 g/mol. The van der Waals surface area contributed by atoms with Gasteiger partial charge in [0.2, 0.25) is 0 Å².